The van der Waals surface area contributed by atoms with Crippen LogP contribution in [0, 0.1) is 6.92 Å². The van der Waals surface area contributed by atoms with E-state index in [1.165, 1.54) is 12.6 Å². The fraction of sp³-hybridized carbons (Fsp3) is 0.0769. The first-order valence-corrected chi connectivity index (χ1v) is 5.69. The summed E-state index contributed by atoms with van der Waals surface area (Å²) in [4.78, 5) is 8.33. The third kappa shape index (κ3) is 2.15. The molecule has 0 fully saturated rings. The SMILES string of the molecule is Cc1ccc(-c2nnco2)cc1-c1cnc(N)cn1. The normalized spacial score (nSPS) is 10.6. The van der Waals surface area contributed by atoms with Gasteiger partial charge in [0.1, 0.15) is 5.82 Å². The maximum Gasteiger partial charge on any atom is 0.247 e. The van der Waals surface area contributed by atoms with Crippen LogP contribution in [0.4, 0.5) is 5.82 Å². The number of hydrogen-bond acceptors (Lipinski definition) is 6. The molecule has 0 unspecified atom stereocenters. The van der Waals surface area contributed by atoms with Crippen LogP contribution >= 0.6 is 0 Å². The summed E-state index contributed by atoms with van der Waals surface area (Å²) in [5.41, 5.74) is 9.19. The van der Waals surface area contributed by atoms with Gasteiger partial charge in [0.15, 0.2) is 0 Å². The molecular formula is C13H11N5O. The lowest BCUT2D eigenvalue weighted by Gasteiger charge is -2.06. The lowest BCUT2D eigenvalue weighted by Crippen LogP contribution is -1.94. The zero-order valence-corrected chi connectivity index (χ0v) is 10.2. The van der Waals surface area contributed by atoms with Crippen LogP contribution in [-0.4, -0.2) is 20.2 Å². The third-order valence-electron chi connectivity index (χ3n) is 2.79. The Morgan fingerprint density at radius 2 is 2.05 bits per heavy atom. The van der Waals surface area contributed by atoms with Crippen LogP contribution in [0.2, 0.25) is 0 Å². The molecular weight excluding hydrogens is 242 g/mol. The van der Waals surface area contributed by atoms with Crippen molar-refractivity contribution in [3.8, 4) is 22.7 Å². The minimum absolute atomic E-state index is 0.398. The van der Waals surface area contributed by atoms with Crippen molar-refractivity contribution in [2.45, 2.75) is 6.92 Å². The van der Waals surface area contributed by atoms with E-state index in [9.17, 15) is 0 Å². The van der Waals surface area contributed by atoms with Gasteiger partial charge >= 0.3 is 0 Å². The summed E-state index contributed by atoms with van der Waals surface area (Å²) in [6.07, 6.45) is 4.49. The van der Waals surface area contributed by atoms with E-state index < -0.39 is 0 Å². The Kier molecular flexibility index (Phi) is 2.68. The maximum atomic E-state index is 5.54. The molecule has 0 amide bonds. The first-order chi connectivity index (χ1) is 9.24. The number of rotatable bonds is 2. The monoisotopic (exact) mass is 253 g/mol. The van der Waals surface area contributed by atoms with E-state index in [2.05, 4.69) is 20.2 Å². The van der Waals surface area contributed by atoms with Gasteiger partial charge in [-0.15, -0.1) is 10.2 Å². The fourth-order valence-corrected chi connectivity index (χ4v) is 1.81. The van der Waals surface area contributed by atoms with Gasteiger partial charge in [0.05, 0.1) is 18.1 Å². The molecule has 6 heteroatoms. The summed E-state index contributed by atoms with van der Waals surface area (Å²) in [5, 5.41) is 7.57. The predicted octanol–water partition coefficient (Wildman–Crippen LogP) is 2.08. The number of nitrogens with zero attached hydrogens (tertiary/aromatic N) is 4. The summed E-state index contributed by atoms with van der Waals surface area (Å²) >= 11 is 0. The predicted molar refractivity (Wildman–Crippen MR) is 69.9 cm³/mol. The van der Waals surface area contributed by atoms with Gasteiger partial charge in [0, 0.05) is 11.1 Å². The molecule has 3 rings (SSSR count). The van der Waals surface area contributed by atoms with Gasteiger partial charge in [0.2, 0.25) is 12.3 Å². The van der Waals surface area contributed by atoms with Crippen LogP contribution in [0.25, 0.3) is 22.7 Å². The Balaban J connectivity index is 2.10. The van der Waals surface area contributed by atoms with Gasteiger partial charge in [-0.25, -0.2) is 4.98 Å². The quantitative estimate of drug-likeness (QED) is 0.751. The molecule has 1 aromatic carbocycles. The minimum atomic E-state index is 0.398. The van der Waals surface area contributed by atoms with Gasteiger partial charge in [-0.2, -0.15) is 0 Å². The average molecular weight is 253 g/mol. The molecule has 2 heterocycles. The lowest BCUT2D eigenvalue weighted by atomic mass is 10.0. The number of aromatic nitrogens is 4. The summed E-state index contributed by atoms with van der Waals surface area (Å²) in [7, 11) is 0. The number of nitrogens with two attached hydrogens (primary N) is 1. The highest BCUT2D eigenvalue weighted by Gasteiger charge is 2.09. The number of hydrogen-bond donors (Lipinski definition) is 1. The first kappa shape index (κ1) is 11.3. The molecule has 6 nitrogen and oxygen atoms in total. The van der Waals surface area contributed by atoms with Crippen LogP contribution in [-0.2, 0) is 0 Å². The van der Waals surface area contributed by atoms with Crippen molar-refractivity contribution in [1.29, 1.82) is 0 Å². The largest absolute Gasteiger partial charge is 0.423 e. The number of aryl methyl sites for hydroxylation is 1. The summed E-state index contributed by atoms with van der Waals surface area (Å²) < 4.78 is 5.19. The second-order valence-corrected chi connectivity index (χ2v) is 4.10. The van der Waals surface area contributed by atoms with E-state index >= 15 is 0 Å². The zero-order chi connectivity index (χ0) is 13.2. The summed E-state index contributed by atoms with van der Waals surface area (Å²) in [6.45, 7) is 2.00. The van der Waals surface area contributed by atoms with E-state index in [1.54, 1.807) is 6.20 Å². The molecule has 0 aliphatic heterocycles. The molecule has 0 saturated carbocycles. The lowest BCUT2D eigenvalue weighted by molar-refractivity contribution is 0.568. The van der Waals surface area contributed by atoms with Crippen molar-refractivity contribution in [3.05, 3.63) is 42.5 Å². The van der Waals surface area contributed by atoms with Crippen LogP contribution in [0.3, 0.4) is 0 Å². The average Bonchev–Trinajstić information content (AvgIpc) is 2.94. The third-order valence-corrected chi connectivity index (χ3v) is 2.79. The highest BCUT2D eigenvalue weighted by Crippen LogP contribution is 2.26. The van der Waals surface area contributed by atoms with Crippen molar-refractivity contribution in [2.24, 2.45) is 0 Å². The van der Waals surface area contributed by atoms with E-state index in [4.69, 9.17) is 10.2 Å². The van der Waals surface area contributed by atoms with Crippen LogP contribution < -0.4 is 5.73 Å². The molecule has 0 spiro atoms. The highest BCUT2D eigenvalue weighted by atomic mass is 16.4. The molecule has 0 bridgehead atoms. The Hall–Kier alpha value is -2.76. The molecule has 94 valence electrons. The van der Waals surface area contributed by atoms with Crippen LogP contribution in [0.5, 0.6) is 0 Å². The molecule has 0 aliphatic carbocycles. The van der Waals surface area contributed by atoms with Gasteiger partial charge < -0.3 is 10.2 Å². The van der Waals surface area contributed by atoms with Crippen molar-refractivity contribution < 1.29 is 4.42 Å². The molecule has 2 aromatic heterocycles. The van der Waals surface area contributed by atoms with E-state index in [0.29, 0.717) is 11.7 Å². The smallest absolute Gasteiger partial charge is 0.247 e. The topological polar surface area (TPSA) is 90.7 Å². The Bertz CT molecular complexity index is 692. The van der Waals surface area contributed by atoms with Gasteiger partial charge in [-0.3, -0.25) is 4.98 Å². The Morgan fingerprint density at radius 1 is 1.16 bits per heavy atom. The highest BCUT2D eigenvalue weighted by molar-refractivity contribution is 5.70. The summed E-state index contributed by atoms with van der Waals surface area (Å²) in [6, 6.07) is 5.85. The number of nitrogen functional groups attached to an aromatic ring is 1. The van der Waals surface area contributed by atoms with Crippen LogP contribution in [0.15, 0.2) is 41.4 Å². The van der Waals surface area contributed by atoms with E-state index in [1.807, 2.05) is 25.1 Å². The van der Waals surface area contributed by atoms with E-state index in [0.717, 1.165) is 22.4 Å². The second kappa shape index (κ2) is 4.49. The van der Waals surface area contributed by atoms with Crippen molar-refractivity contribution in [1.82, 2.24) is 20.2 Å². The van der Waals surface area contributed by atoms with Crippen molar-refractivity contribution >= 4 is 5.82 Å². The Labute approximate surface area is 109 Å². The number of benzene rings is 1. The molecule has 19 heavy (non-hydrogen) atoms. The Morgan fingerprint density at radius 3 is 2.74 bits per heavy atom. The second-order valence-electron chi connectivity index (χ2n) is 4.10. The molecule has 2 N–H and O–H groups in total. The minimum Gasteiger partial charge on any atom is -0.423 e. The molecule has 0 saturated heterocycles. The molecule has 3 aromatic rings. The van der Waals surface area contributed by atoms with Gasteiger partial charge in [0.25, 0.3) is 0 Å². The fourth-order valence-electron chi connectivity index (χ4n) is 1.81. The first-order valence-electron chi connectivity index (χ1n) is 5.69. The maximum absolute atomic E-state index is 5.54. The standard InChI is InChI=1S/C13H11N5O/c1-8-2-3-9(13-18-17-7-19-13)4-10(8)11-5-16-12(14)6-15-11/h2-7H,1H3,(H2,14,16). The number of anilines is 1. The van der Waals surface area contributed by atoms with E-state index in [-0.39, 0.29) is 0 Å². The van der Waals surface area contributed by atoms with Gasteiger partial charge in [-0.05, 0) is 24.6 Å². The molecule has 0 radical (unpaired) electrons. The van der Waals surface area contributed by atoms with Gasteiger partial charge in [-0.1, -0.05) is 6.07 Å². The zero-order valence-electron chi connectivity index (χ0n) is 10.2. The summed E-state index contributed by atoms with van der Waals surface area (Å²) in [5.74, 6) is 0.874. The molecule has 0 aliphatic rings. The van der Waals surface area contributed by atoms with Crippen molar-refractivity contribution in [2.75, 3.05) is 5.73 Å². The van der Waals surface area contributed by atoms with Crippen LogP contribution in [0.1, 0.15) is 5.56 Å². The van der Waals surface area contributed by atoms with Crippen molar-refractivity contribution in [3.63, 3.8) is 0 Å². The molecule has 0 atom stereocenters.